The van der Waals surface area contributed by atoms with E-state index in [1.807, 2.05) is 49.4 Å². The van der Waals surface area contributed by atoms with Gasteiger partial charge in [0.2, 0.25) is 0 Å². The predicted octanol–water partition coefficient (Wildman–Crippen LogP) is 7.07. The Bertz CT molecular complexity index is 1210. The van der Waals surface area contributed by atoms with Crippen molar-refractivity contribution in [3.8, 4) is 5.75 Å². The second kappa shape index (κ2) is 8.02. The number of pyridine rings is 1. The van der Waals surface area contributed by atoms with Crippen molar-refractivity contribution in [2.45, 2.75) is 19.3 Å². The molecule has 1 heterocycles. The van der Waals surface area contributed by atoms with Crippen molar-refractivity contribution < 1.29 is 9.50 Å². The summed E-state index contributed by atoms with van der Waals surface area (Å²) in [5.74, 6) is -0.570. The lowest BCUT2D eigenvalue weighted by Gasteiger charge is -2.22. The molecule has 0 aliphatic carbocycles. The van der Waals surface area contributed by atoms with Gasteiger partial charge in [-0.3, -0.25) is 4.98 Å². The molecule has 0 bridgehead atoms. The molecule has 3 aromatic carbocycles. The fourth-order valence-electron chi connectivity index (χ4n) is 3.71. The molecule has 146 valence electrons. The molecular weight excluding hydrogens is 408 g/mol. The molecule has 0 fully saturated rings. The van der Waals surface area contributed by atoms with Gasteiger partial charge in [-0.2, -0.15) is 0 Å². The van der Waals surface area contributed by atoms with Crippen LogP contribution in [-0.4, -0.2) is 10.1 Å². The first-order chi connectivity index (χ1) is 13.9. The van der Waals surface area contributed by atoms with Crippen molar-refractivity contribution >= 4 is 34.1 Å². The van der Waals surface area contributed by atoms with E-state index in [1.165, 1.54) is 12.1 Å². The van der Waals surface area contributed by atoms with Gasteiger partial charge in [-0.15, -0.1) is 0 Å². The first-order valence-corrected chi connectivity index (χ1v) is 9.96. The first-order valence-electron chi connectivity index (χ1n) is 9.20. The zero-order chi connectivity index (χ0) is 20.5. The standard InChI is InChI=1S/C24H18Cl2FNO/c1-14-11-17(25)6-4-16(14)12-21(19-9-7-18(27)13-22(19)26)20-8-5-15-3-2-10-28-23(15)24(20)29/h2-11,13,21,29H,12H2,1H3. The zero-order valence-electron chi connectivity index (χ0n) is 15.7. The molecule has 5 heteroatoms. The van der Waals surface area contributed by atoms with Crippen LogP contribution < -0.4 is 0 Å². The summed E-state index contributed by atoms with van der Waals surface area (Å²) in [6.07, 6.45) is 2.22. The van der Waals surface area contributed by atoms with E-state index >= 15 is 0 Å². The molecule has 0 spiro atoms. The first kappa shape index (κ1) is 19.7. The van der Waals surface area contributed by atoms with E-state index in [-0.39, 0.29) is 11.7 Å². The number of phenolic OH excluding ortho intramolecular Hbond substituents is 1. The fourth-order valence-corrected chi connectivity index (χ4v) is 4.23. The highest BCUT2D eigenvalue weighted by atomic mass is 35.5. The van der Waals surface area contributed by atoms with Crippen LogP contribution >= 0.6 is 23.2 Å². The van der Waals surface area contributed by atoms with Crippen LogP contribution in [0.25, 0.3) is 10.9 Å². The van der Waals surface area contributed by atoms with Crippen LogP contribution in [0.5, 0.6) is 5.75 Å². The largest absolute Gasteiger partial charge is 0.505 e. The van der Waals surface area contributed by atoms with Gasteiger partial charge in [0.25, 0.3) is 0 Å². The van der Waals surface area contributed by atoms with Crippen LogP contribution in [0.1, 0.15) is 28.2 Å². The third-order valence-corrected chi connectivity index (χ3v) is 5.78. The highest BCUT2D eigenvalue weighted by molar-refractivity contribution is 6.31. The quantitative estimate of drug-likeness (QED) is 0.379. The maximum absolute atomic E-state index is 13.7. The molecule has 4 aromatic rings. The number of aryl methyl sites for hydroxylation is 1. The molecule has 1 unspecified atom stereocenters. The Kier molecular flexibility index (Phi) is 5.44. The molecule has 4 rings (SSSR count). The van der Waals surface area contributed by atoms with Gasteiger partial charge < -0.3 is 5.11 Å². The molecule has 1 atom stereocenters. The minimum atomic E-state index is -0.399. The fraction of sp³-hybridized carbons (Fsp3) is 0.125. The monoisotopic (exact) mass is 425 g/mol. The number of halogens is 3. The molecular formula is C24H18Cl2FNO. The number of rotatable bonds is 4. The van der Waals surface area contributed by atoms with Crippen LogP contribution in [0, 0.1) is 12.7 Å². The summed E-state index contributed by atoms with van der Waals surface area (Å²) in [4.78, 5) is 4.33. The second-order valence-electron chi connectivity index (χ2n) is 7.07. The van der Waals surface area contributed by atoms with Crippen LogP contribution in [-0.2, 0) is 6.42 Å². The summed E-state index contributed by atoms with van der Waals surface area (Å²) in [6.45, 7) is 1.99. The second-order valence-corrected chi connectivity index (χ2v) is 7.92. The average Bonchev–Trinajstić information content (AvgIpc) is 2.69. The van der Waals surface area contributed by atoms with E-state index in [1.54, 1.807) is 12.3 Å². The Morgan fingerprint density at radius 3 is 2.55 bits per heavy atom. The summed E-state index contributed by atoms with van der Waals surface area (Å²) < 4.78 is 13.7. The van der Waals surface area contributed by atoms with Crippen molar-refractivity contribution in [2.75, 3.05) is 0 Å². The molecule has 1 N–H and O–H groups in total. The molecule has 0 radical (unpaired) electrons. The van der Waals surface area contributed by atoms with Gasteiger partial charge in [-0.25, -0.2) is 4.39 Å². The van der Waals surface area contributed by atoms with Gasteiger partial charge >= 0.3 is 0 Å². The van der Waals surface area contributed by atoms with Crippen LogP contribution in [0.3, 0.4) is 0 Å². The van der Waals surface area contributed by atoms with Crippen molar-refractivity contribution in [3.63, 3.8) is 0 Å². The van der Waals surface area contributed by atoms with Crippen molar-refractivity contribution in [1.29, 1.82) is 0 Å². The summed E-state index contributed by atoms with van der Waals surface area (Å²) >= 11 is 12.5. The van der Waals surface area contributed by atoms with Crippen molar-refractivity contribution in [1.82, 2.24) is 4.98 Å². The van der Waals surface area contributed by atoms with Crippen molar-refractivity contribution in [3.05, 3.63) is 105 Å². The Morgan fingerprint density at radius 2 is 1.79 bits per heavy atom. The van der Waals surface area contributed by atoms with Crippen LogP contribution in [0.15, 0.2) is 66.9 Å². The Morgan fingerprint density at radius 1 is 1.00 bits per heavy atom. The van der Waals surface area contributed by atoms with E-state index in [9.17, 15) is 9.50 Å². The minimum absolute atomic E-state index is 0.111. The van der Waals surface area contributed by atoms with Gasteiger partial charge in [0.05, 0.1) is 0 Å². The van der Waals surface area contributed by atoms with Crippen molar-refractivity contribution in [2.24, 2.45) is 0 Å². The summed E-state index contributed by atoms with van der Waals surface area (Å²) in [6, 6.07) is 17.6. The van der Waals surface area contributed by atoms with Crippen LogP contribution in [0.4, 0.5) is 4.39 Å². The third-order valence-electron chi connectivity index (χ3n) is 5.22. The van der Waals surface area contributed by atoms with Gasteiger partial charge in [0.1, 0.15) is 17.1 Å². The highest BCUT2D eigenvalue weighted by Gasteiger charge is 2.23. The molecule has 0 aliphatic heterocycles. The molecule has 2 nitrogen and oxygen atoms in total. The molecule has 0 amide bonds. The van der Waals surface area contributed by atoms with Gasteiger partial charge in [0.15, 0.2) is 0 Å². The molecule has 0 saturated heterocycles. The highest BCUT2D eigenvalue weighted by Crippen LogP contribution is 2.40. The van der Waals surface area contributed by atoms with Crippen LogP contribution in [0.2, 0.25) is 10.0 Å². The summed E-state index contributed by atoms with van der Waals surface area (Å²) in [7, 11) is 0. The number of hydrogen-bond acceptors (Lipinski definition) is 2. The Labute approximate surface area is 178 Å². The third kappa shape index (κ3) is 3.93. The van der Waals surface area contributed by atoms with E-state index < -0.39 is 5.82 Å². The van der Waals surface area contributed by atoms with E-state index in [0.29, 0.717) is 27.5 Å². The molecule has 29 heavy (non-hydrogen) atoms. The smallest absolute Gasteiger partial charge is 0.145 e. The minimum Gasteiger partial charge on any atom is -0.505 e. The predicted molar refractivity (Wildman–Crippen MR) is 117 cm³/mol. The number of nitrogens with zero attached hydrogens (tertiary/aromatic N) is 1. The zero-order valence-corrected chi connectivity index (χ0v) is 17.2. The lowest BCUT2D eigenvalue weighted by atomic mass is 9.84. The topological polar surface area (TPSA) is 33.1 Å². The molecule has 0 saturated carbocycles. The molecule has 0 aliphatic rings. The molecule has 1 aromatic heterocycles. The SMILES string of the molecule is Cc1cc(Cl)ccc1CC(c1ccc(F)cc1Cl)c1ccc2cccnc2c1O. The van der Waals surface area contributed by atoms with Gasteiger partial charge in [0, 0.05) is 33.1 Å². The average molecular weight is 426 g/mol. The number of benzene rings is 3. The Hall–Kier alpha value is -2.62. The van der Waals surface area contributed by atoms with Gasteiger partial charge in [-0.1, -0.05) is 53.5 Å². The lowest BCUT2D eigenvalue weighted by molar-refractivity contribution is 0.469. The maximum atomic E-state index is 13.7. The number of aromatic hydroxyl groups is 1. The van der Waals surface area contributed by atoms with E-state index in [4.69, 9.17) is 23.2 Å². The normalized spacial score (nSPS) is 12.3. The number of phenols is 1. The lowest BCUT2D eigenvalue weighted by Crippen LogP contribution is -2.08. The number of hydrogen-bond donors (Lipinski definition) is 1. The summed E-state index contributed by atoms with van der Waals surface area (Å²) in [5.41, 5.74) is 4.08. The summed E-state index contributed by atoms with van der Waals surface area (Å²) in [5, 5.41) is 12.9. The van der Waals surface area contributed by atoms with E-state index in [0.717, 1.165) is 22.1 Å². The Balaban J connectivity index is 1.89. The number of fused-ring (bicyclic) bond motifs is 1. The van der Waals surface area contributed by atoms with Gasteiger partial charge in [-0.05, 0) is 60.4 Å². The van der Waals surface area contributed by atoms with E-state index in [2.05, 4.69) is 4.98 Å². The maximum Gasteiger partial charge on any atom is 0.145 e. The number of aromatic nitrogens is 1.